The van der Waals surface area contributed by atoms with Gasteiger partial charge < -0.3 is 47.9 Å². The average Bonchev–Trinajstić information content (AvgIpc) is 3.13. The van der Waals surface area contributed by atoms with Crippen LogP contribution in [0.5, 0.6) is 11.5 Å². The summed E-state index contributed by atoms with van der Waals surface area (Å²) in [5.41, 5.74) is 0.434. The highest BCUT2D eigenvalue weighted by Gasteiger charge is 2.42. The number of nitrogens with zero attached hydrogens (tertiary/aromatic N) is 1. The molecule has 0 radical (unpaired) electrons. The van der Waals surface area contributed by atoms with Gasteiger partial charge in [-0.2, -0.15) is 0 Å². The second-order valence-corrected chi connectivity index (χ2v) is 11.3. The van der Waals surface area contributed by atoms with E-state index in [2.05, 4.69) is 10.3 Å². The van der Waals surface area contributed by atoms with Gasteiger partial charge in [0.25, 0.3) is 5.91 Å². The lowest BCUT2D eigenvalue weighted by molar-refractivity contribution is -0.176. The first kappa shape index (κ1) is 39.6. The predicted molar refractivity (Wildman–Crippen MR) is 172 cm³/mol. The van der Waals surface area contributed by atoms with Gasteiger partial charge in [-0.1, -0.05) is 44.2 Å². The van der Waals surface area contributed by atoms with Crippen molar-refractivity contribution in [3.8, 4) is 11.5 Å². The predicted octanol–water partition coefficient (Wildman–Crippen LogP) is 1.66. The second kappa shape index (κ2) is 20.7. The lowest BCUT2D eigenvalue weighted by Gasteiger charge is -2.29. The first-order chi connectivity index (χ1) is 24.0. The number of pyridine rings is 1. The highest BCUT2D eigenvalue weighted by atomic mass is 16.7. The molecular formula is C34H44N2O14. The van der Waals surface area contributed by atoms with E-state index < -0.39 is 73.3 Å². The summed E-state index contributed by atoms with van der Waals surface area (Å²) in [6.45, 7) is 4.38. The number of esters is 4. The highest BCUT2D eigenvalue weighted by Crippen LogP contribution is 2.30. The van der Waals surface area contributed by atoms with Crippen LogP contribution in [0.2, 0.25) is 0 Å². The smallest absolute Gasteiger partial charge is 0.334 e. The second-order valence-electron chi connectivity index (χ2n) is 11.3. The minimum absolute atomic E-state index is 0.0707. The molecule has 1 fully saturated rings. The largest absolute Gasteiger partial charge is 0.493 e. The summed E-state index contributed by atoms with van der Waals surface area (Å²) in [7, 11) is 2.87. The van der Waals surface area contributed by atoms with Crippen molar-refractivity contribution in [2.24, 2.45) is 11.8 Å². The van der Waals surface area contributed by atoms with E-state index in [-0.39, 0.29) is 43.4 Å². The van der Waals surface area contributed by atoms with Crippen LogP contribution in [0, 0.1) is 11.8 Å². The molecule has 1 aliphatic heterocycles. The Kier molecular flexibility index (Phi) is 16.4. The Morgan fingerprint density at radius 1 is 0.980 bits per heavy atom. The third kappa shape index (κ3) is 12.3. The number of benzene rings is 1. The van der Waals surface area contributed by atoms with Crippen LogP contribution in [0.1, 0.15) is 36.8 Å². The Balaban J connectivity index is 1.70. The zero-order chi connectivity index (χ0) is 36.5. The quantitative estimate of drug-likeness (QED) is 0.102. The van der Waals surface area contributed by atoms with Crippen molar-refractivity contribution in [3.63, 3.8) is 0 Å². The summed E-state index contributed by atoms with van der Waals surface area (Å²) in [4.78, 5) is 69.1. The van der Waals surface area contributed by atoms with Crippen LogP contribution < -0.4 is 14.8 Å². The summed E-state index contributed by atoms with van der Waals surface area (Å²) >= 11 is 0. The molecule has 2 aromatic rings. The van der Waals surface area contributed by atoms with Gasteiger partial charge in [0.05, 0.1) is 39.5 Å². The van der Waals surface area contributed by atoms with E-state index in [0.29, 0.717) is 13.2 Å². The molecule has 4 atom stereocenters. The Morgan fingerprint density at radius 3 is 2.40 bits per heavy atom. The van der Waals surface area contributed by atoms with Crippen molar-refractivity contribution in [1.29, 1.82) is 0 Å². The number of hydrogen-bond donors (Lipinski definition) is 1. The van der Waals surface area contributed by atoms with Crippen LogP contribution in [-0.4, -0.2) is 114 Å². The number of hydrogen-bond acceptors (Lipinski definition) is 15. The molecule has 0 spiro atoms. The molecule has 1 saturated heterocycles. The number of cyclic esters (lactones) is 2. The highest BCUT2D eigenvalue weighted by molar-refractivity contribution is 5.98. The van der Waals surface area contributed by atoms with Gasteiger partial charge in [-0.05, 0) is 18.9 Å². The molecule has 2 heterocycles. The van der Waals surface area contributed by atoms with E-state index >= 15 is 0 Å². The number of aromatic nitrogens is 1. The molecule has 0 bridgehead atoms. The summed E-state index contributed by atoms with van der Waals surface area (Å²) in [5.74, 6) is -5.64. The van der Waals surface area contributed by atoms with Crippen LogP contribution in [0.15, 0.2) is 42.6 Å². The summed E-state index contributed by atoms with van der Waals surface area (Å²) < 4.78 is 48.0. The van der Waals surface area contributed by atoms with Crippen LogP contribution in [0.3, 0.4) is 0 Å². The fraction of sp³-hybridized carbons (Fsp3) is 0.529. The van der Waals surface area contributed by atoms with Crippen molar-refractivity contribution < 1.29 is 66.6 Å². The molecule has 1 aromatic heterocycles. The van der Waals surface area contributed by atoms with Crippen molar-refractivity contribution in [2.45, 2.75) is 45.4 Å². The molecule has 16 heteroatoms. The third-order valence-electron chi connectivity index (χ3n) is 7.22. The molecule has 0 aliphatic carbocycles. The van der Waals surface area contributed by atoms with E-state index in [9.17, 15) is 24.0 Å². The molecule has 274 valence electrons. The van der Waals surface area contributed by atoms with Gasteiger partial charge in [0.1, 0.15) is 25.2 Å². The number of nitrogens with one attached hydrogen (secondary N) is 1. The number of ether oxygens (including phenoxy) is 9. The maximum Gasteiger partial charge on any atom is 0.334 e. The first-order valence-electron chi connectivity index (χ1n) is 15.9. The molecule has 1 aliphatic rings. The topological polar surface area (TPSA) is 193 Å². The SMILES string of the molecule is COCCOCCOCC(=O)OCOc1c(OC)ccnc1C(=O)N[C@H]1COC(=O)[C@H](Cc2ccccc2)C(OC(=O)C(C)C)[C@H](C)OC1=O. The van der Waals surface area contributed by atoms with Gasteiger partial charge in [0, 0.05) is 19.4 Å². The Hall–Kier alpha value is -4.80. The normalized spacial score (nSPS) is 19.2. The molecule has 1 N–H and O–H groups in total. The van der Waals surface area contributed by atoms with Gasteiger partial charge in [-0.3, -0.25) is 14.4 Å². The molecule has 0 saturated carbocycles. The van der Waals surface area contributed by atoms with Crippen molar-refractivity contribution >= 4 is 29.8 Å². The monoisotopic (exact) mass is 704 g/mol. The fourth-order valence-electron chi connectivity index (χ4n) is 4.58. The molecule has 1 unspecified atom stereocenters. The van der Waals surface area contributed by atoms with Crippen molar-refractivity contribution in [1.82, 2.24) is 10.3 Å². The van der Waals surface area contributed by atoms with Crippen molar-refractivity contribution in [2.75, 3.05) is 60.7 Å². The minimum atomic E-state index is -1.49. The average molecular weight is 705 g/mol. The maximum atomic E-state index is 13.5. The van der Waals surface area contributed by atoms with Gasteiger partial charge in [-0.25, -0.2) is 14.6 Å². The molecule has 1 amide bonds. The van der Waals surface area contributed by atoms with Crippen LogP contribution in [0.4, 0.5) is 0 Å². The zero-order valence-corrected chi connectivity index (χ0v) is 28.7. The molecule has 3 rings (SSSR count). The number of carbonyl (C=O) groups is 5. The summed E-state index contributed by atoms with van der Waals surface area (Å²) in [6, 6.07) is 8.95. The third-order valence-corrected chi connectivity index (χ3v) is 7.22. The molecule has 1 aromatic carbocycles. The lowest BCUT2D eigenvalue weighted by Crippen LogP contribution is -2.47. The minimum Gasteiger partial charge on any atom is -0.493 e. The summed E-state index contributed by atoms with van der Waals surface area (Å²) in [5, 5.41) is 2.46. The molecular weight excluding hydrogens is 660 g/mol. The molecule has 16 nitrogen and oxygen atoms in total. The van der Waals surface area contributed by atoms with Gasteiger partial charge in [-0.15, -0.1) is 0 Å². The summed E-state index contributed by atoms with van der Waals surface area (Å²) in [6.07, 6.45) is -0.887. The number of rotatable bonds is 18. The van der Waals surface area contributed by atoms with Gasteiger partial charge in [0.15, 0.2) is 29.3 Å². The number of carbonyl (C=O) groups excluding carboxylic acids is 5. The number of methoxy groups -OCH3 is 2. The lowest BCUT2D eigenvalue weighted by atomic mass is 9.91. The van der Waals surface area contributed by atoms with E-state index in [1.165, 1.54) is 26.3 Å². The van der Waals surface area contributed by atoms with E-state index in [1.54, 1.807) is 45.2 Å². The van der Waals surface area contributed by atoms with Crippen LogP contribution in [0.25, 0.3) is 0 Å². The zero-order valence-electron chi connectivity index (χ0n) is 28.7. The van der Waals surface area contributed by atoms with E-state index in [4.69, 9.17) is 42.6 Å². The van der Waals surface area contributed by atoms with Gasteiger partial charge >= 0.3 is 23.9 Å². The van der Waals surface area contributed by atoms with E-state index in [1.807, 2.05) is 6.07 Å². The van der Waals surface area contributed by atoms with Crippen molar-refractivity contribution in [3.05, 3.63) is 53.9 Å². The fourth-order valence-corrected chi connectivity index (χ4v) is 4.58. The van der Waals surface area contributed by atoms with Crippen LogP contribution in [-0.2, 0) is 58.8 Å². The Morgan fingerprint density at radius 2 is 1.70 bits per heavy atom. The maximum absolute atomic E-state index is 13.5. The Labute approximate surface area is 289 Å². The van der Waals surface area contributed by atoms with Gasteiger partial charge in [0.2, 0.25) is 6.79 Å². The number of amides is 1. The first-order valence-corrected chi connectivity index (χ1v) is 15.9. The van der Waals surface area contributed by atoms with Crippen LogP contribution >= 0.6 is 0 Å². The standard InChI is InChI=1S/C34H44N2O14/c1-21(2)32(39)50-29-22(3)49-34(41)25(18-46-33(40)24(29)17-23-9-7-6-8-10-23)36-31(38)28-30(26(43-5)11-12-35-28)48-20-47-27(37)19-45-16-15-44-14-13-42-4/h6-12,21-22,24-25,29H,13-20H2,1-5H3,(H,36,38)/t22-,24+,25-,29?/m0/s1. The van der Waals surface area contributed by atoms with E-state index in [0.717, 1.165) is 5.56 Å². The Bertz CT molecular complexity index is 1420. The molecule has 50 heavy (non-hydrogen) atoms.